The summed E-state index contributed by atoms with van der Waals surface area (Å²) in [5, 5.41) is 0. The van der Waals surface area contributed by atoms with Crippen LogP contribution in [0.1, 0.15) is 52.7 Å². The third-order valence-electron chi connectivity index (χ3n) is 6.13. The molecule has 0 aromatic heterocycles. The molecular formula is C25H32O4. The predicted molar refractivity (Wildman–Crippen MR) is 114 cm³/mol. The van der Waals surface area contributed by atoms with E-state index in [0.717, 1.165) is 24.7 Å². The van der Waals surface area contributed by atoms with Gasteiger partial charge in [0.2, 0.25) is 0 Å². The maximum Gasteiger partial charge on any atom is 0.132 e. The van der Waals surface area contributed by atoms with Gasteiger partial charge in [0, 0.05) is 5.41 Å². The zero-order valence-corrected chi connectivity index (χ0v) is 18.3. The molecule has 0 radical (unpaired) electrons. The van der Waals surface area contributed by atoms with Gasteiger partial charge in [-0.3, -0.25) is 0 Å². The van der Waals surface area contributed by atoms with Crippen LogP contribution in [0.4, 0.5) is 0 Å². The molecule has 2 aliphatic heterocycles. The molecule has 0 bridgehead atoms. The maximum atomic E-state index is 6.13. The maximum absolute atomic E-state index is 6.13. The summed E-state index contributed by atoms with van der Waals surface area (Å²) >= 11 is 0. The van der Waals surface area contributed by atoms with Crippen molar-refractivity contribution in [3.05, 3.63) is 59.7 Å². The van der Waals surface area contributed by atoms with E-state index < -0.39 is 0 Å². The van der Waals surface area contributed by atoms with Crippen LogP contribution in [-0.2, 0) is 14.9 Å². The smallest absolute Gasteiger partial charge is 0.132 e. The molecular weight excluding hydrogens is 364 g/mol. The fourth-order valence-corrected chi connectivity index (χ4v) is 3.68. The van der Waals surface area contributed by atoms with Crippen LogP contribution in [0.2, 0.25) is 0 Å². The first-order valence-electron chi connectivity index (χ1n) is 10.4. The van der Waals surface area contributed by atoms with Crippen molar-refractivity contribution in [1.82, 2.24) is 0 Å². The van der Waals surface area contributed by atoms with Gasteiger partial charge in [-0.25, -0.2) is 0 Å². The average molecular weight is 397 g/mol. The highest BCUT2D eigenvalue weighted by atomic mass is 16.6. The molecule has 2 aliphatic rings. The van der Waals surface area contributed by atoms with Crippen molar-refractivity contribution < 1.29 is 18.9 Å². The lowest BCUT2D eigenvalue weighted by molar-refractivity contribution is 0.0742. The molecule has 2 saturated heterocycles. The van der Waals surface area contributed by atoms with Gasteiger partial charge in [-0.1, -0.05) is 38.1 Å². The van der Waals surface area contributed by atoms with E-state index in [9.17, 15) is 0 Å². The molecule has 0 aliphatic carbocycles. The Kier molecular flexibility index (Phi) is 4.91. The summed E-state index contributed by atoms with van der Waals surface area (Å²) in [4.78, 5) is 0. The second-order valence-electron chi connectivity index (χ2n) is 9.73. The van der Waals surface area contributed by atoms with Gasteiger partial charge in [-0.15, -0.1) is 0 Å². The Morgan fingerprint density at radius 1 is 0.621 bits per heavy atom. The summed E-state index contributed by atoms with van der Waals surface area (Å²) in [6.07, 6.45) is 0.381. The van der Waals surface area contributed by atoms with Crippen molar-refractivity contribution >= 4 is 0 Å². The quantitative estimate of drug-likeness (QED) is 0.581. The second-order valence-corrected chi connectivity index (χ2v) is 9.73. The highest BCUT2D eigenvalue weighted by molar-refractivity contribution is 5.42. The van der Waals surface area contributed by atoms with Crippen LogP contribution in [0.25, 0.3) is 0 Å². The molecule has 29 heavy (non-hydrogen) atoms. The number of epoxide rings is 2. The first-order valence-corrected chi connectivity index (χ1v) is 10.4. The second kappa shape index (κ2) is 7.03. The predicted octanol–water partition coefficient (Wildman–Crippen LogP) is 5.12. The van der Waals surface area contributed by atoms with E-state index in [2.05, 4.69) is 90.1 Å². The van der Waals surface area contributed by atoms with Crippen LogP contribution >= 0.6 is 0 Å². The first kappa shape index (κ1) is 20.2. The van der Waals surface area contributed by atoms with Crippen LogP contribution in [0.3, 0.4) is 0 Å². The van der Waals surface area contributed by atoms with Crippen LogP contribution in [0.5, 0.6) is 11.5 Å². The van der Waals surface area contributed by atoms with Gasteiger partial charge < -0.3 is 18.9 Å². The van der Waals surface area contributed by atoms with Crippen molar-refractivity contribution in [3.8, 4) is 11.5 Å². The van der Waals surface area contributed by atoms with Gasteiger partial charge in [0.25, 0.3) is 0 Å². The normalized spacial score (nSPS) is 21.6. The Balaban J connectivity index is 1.45. The standard InChI is InChI=1S/C25H32O4/c1-23(2,17-7-11-19(12-8-17)28-24(3,4)21-15-26-21)18-9-13-20(14-10-18)29-25(5,6)22-16-27-22/h7-14,21-22H,15-16H2,1-6H3. The molecule has 4 heteroatoms. The lowest BCUT2D eigenvalue weighted by Crippen LogP contribution is -2.34. The molecule has 0 saturated carbocycles. The van der Waals surface area contributed by atoms with Gasteiger partial charge in [0.1, 0.15) is 34.9 Å². The summed E-state index contributed by atoms with van der Waals surface area (Å²) < 4.78 is 23.1. The van der Waals surface area contributed by atoms with Gasteiger partial charge in [-0.05, 0) is 63.1 Å². The lowest BCUT2D eigenvalue weighted by Gasteiger charge is -2.29. The van der Waals surface area contributed by atoms with Crippen LogP contribution in [-0.4, -0.2) is 36.6 Å². The van der Waals surface area contributed by atoms with E-state index in [1.807, 2.05) is 0 Å². The number of hydrogen-bond donors (Lipinski definition) is 0. The minimum atomic E-state index is -0.299. The summed E-state index contributed by atoms with van der Waals surface area (Å²) in [5.74, 6) is 1.75. The zero-order valence-electron chi connectivity index (χ0n) is 18.3. The number of ether oxygens (including phenoxy) is 4. The SMILES string of the molecule is CC(C)(c1ccc(OC(C)(C)C2CO2)cc1)c1ccc(OC(C)(C)C2CO2)cc1. The van der Waals surface area contributed by atoms with E-state index in [1.165, 1.54) is 11.1 Å². The monoisotopic (exact) mass is 396 g/mol. The van der Waals surface area contributed by atoms with E-state index in [1.54, 1.807) is 0 Å². The third-order valence-corrected chi connectivity index (χ3v) is 6.13. The fraction of sp³-hybridized carbons (Fsp3) is 0.520. The molecule has 4 rings (SSSR count). The topological polar surface area (TPSA) is 43.5 Å². The number of rotatable bonds is 8. The van der Waals surface area contributed by atoms with E-state index in [-0.39, 0.29) is 28.8 Å². The van der Waals surface area contributed by atoms with Crippen molar-refractivity contribution in [2.45, 2.75) is 70.4 Å². The van der Waals surface area contributed by atoms with Gasteiger partial charge in [-0.2, -0.15) is 0 Å². The molecule has 2 fully saturated rings. The lowest BCUT2D eigenvalue weighted by atomic mass is 9.78. The van der Waals surface area contributed by atoms with Gasteiger partial charge >= 0.3 is 0 Å². The minimum Gasteiger partial charge on any atom is -0.485 e. The molecule has 2 atom stereocenters. The van der Waals surface area contributed by atoms with Crippen LogP contribution in [0, 0.1) is 0 Å². The van der Waals surface area contributed by atoms with Gasteiger partial charge in [0.15, 0.2) is 0 Å². The Labute approximate surface area is 174 Å². The largest absolute Gasteiger partial charge is 0.485 e. The molecule has 0 N–H and O–H groups in total. The van der Waals surface area contributed by atoms with Crippen molar-refractivity contribution in [3.63, 3.8) is 0 Å². The third kappa shape index (κ3) is 4.44. The fourth-order valence-electron chi connectivity index (χ4n) is 3.68. The highest BCUT2D eigenvalue weighted by Gasteiger charge is 2.42. The number of benzene rings is 2. The van der Waals surface area contributed by atoms with E-state index in [0.29, 0.717) is 0 Å². The zero-order chi connectivity index (χ0) is 20.9. The molecule has 2 unspecified atom stereocenters. The summed E-state index contributed by atoms with van der Waals surface area (Å²) in [6, 6.07) is 16.8. The summed E-state index contributed by atoms with van der Waals surface area (Å²) in [5.41, 5.74) is 1.76. The molecule has 2 heterocycles. The highest BCUT2D eigenvalue weighted by Crippen LogP contribution is 2.36. The average Bonchev–Trinajstić information content (AvgIpc) is 3.54. The van der Waals surface area contributed by atoms with Crippen LogP contribution in [0.15, 0.2) is 48.5 Å². The summed E-state index contributed by atoms with van der Waals surface area (Å²) in [7, 11) is 0. The minimum absolute atomic E-state index is 0.124. The van der Waals surface area contributed by atoms with Crippen molar-refractivity contribution in [2.75, 3.05) is 13.2 Å². The molecule has 0 amide bonds. The summed E-state index contributed by atoms with van der Waals surface area (Å²) in [6.45, 7) is 14.3. The van der Waals surface area contributed by atoms with Crippen molar-refractivity contribution in [1.29, 1.82) is 0 Å². The van der Waals surface area contributed by atoms with Gasteiger partial charge in [0.05, 0.1) is 13.2 Å². The van der Waals surface area contributed by atoms with Crippen LogP contribution < -0.4 is 9.47 Å². The molecule has 4 nitrogen and oxygen atoms in total. The van der Waals surface area contributed by atoms with Crippen molar-refractivity contribution in [2.24, 2.45) is 0 Å². The molecule has 0 spiro atoms. The van der Waals surface area contributed by atoms with E-state index in [4.69, 9.17) is 18.9 Å². The molecule has 2 aromatic carbocycles. The molecule has 156 valence electrons. The Bertz CT molecular complexity index is 770. The Morgan fingerprint density at radius 3 is 1.21 bits per heavy atom. The molecule has 2 aromatic rings. The Morgan fingerprint density at radius 2 is 0.931 bits per heavy atom. The van der Waals surface area contributed by atoms with E-state index >= 15 is 0 Å². The number of hydrogen-bond acceptors (Lipinski definition) is 4. The Hall–Kier alpha value is -2.04. The first-order chi connectivity index (χ1) is 13.6.